The predicted octanol–water partition coefficient (Wildman–Crippen LogP) is 7.39. The predicted molar refractivity (Wildman–Crippen MR) is 134 cm³/mol. The highest BCUT2D eigenvalue weighted by atomic mass is 16.5. The fourth-order valence-electron chi connectivity index (χ4n) is 9.75. The van der Waals surface area contributed by atoms with Crippen molar-refractivity contribution in [3.8, 4) is 0 Å². The molecular formula is C30H48O3. The van der Waals surface area contributed by atoms with E-state index in [1.807, 2.05) is 13.8 Å². The lowest BCUT2D eigenvalue weighted by molar-refractivity contribution is -0.168. The van der Waals surface area contributed by atoms with Crippen LogP contribution in [0.3, 0.4) is 0 Å². The minimum atomic E-state index is -0.278. The van der Waals surface area contributed by atoms with E-state index in [9.17, 15) is 9.59 Å². The summed E-state index contributed by atoms with van der Waals surface area (Å²) in [6.45, 7) is 13.7. The Kier molecular flexibility index (Phi) is 6.69. The van der Waals surface area contributed by atoms with Crippen molar-refractivity contribution in [1.29, 1.82) is 0 Å². The van der Waals surface area contributed by atoms with E-state index in [-0.39, 0.29) is 22.7 Å². The van der Waals surface area contributed by atoms with Crippen LogP contribution in [-0.4, -0.2) is 18.9 Å². The van der Waals surface area contributed by atoms with Gasteiger partial charge in [-0.2, -0.15) is 0 Å². The van der Waals surface area contributed by atoms with Gasteiger partial charge in [-0.1, -0.05) is 53.2 Å². The van der Waals surface area contributed by atoms with Gasteiger partial charge in [0, 0.05) is 12.3 Å². The largest absolute Gasteiger partial charge is 0.469 e. The van der Waals surface area contributed by atoms with Gasteiger partial charge in [0.25, 0.3) is 0 Å². The molecule has 5 rings (SSSR count). The smallest absolute Gasteiger partial charge is 0.312 e. The lowest BCUT2D eigenvalue weighted by Crippen LogP contribution is -2.59. The Hall–Kier alpha value is -1.12. The zero-order valence-electron chi connectivity index (χ0n) is 22.3. The molecule has 0 bridgehead atoms. The minimum absolute atomic E-state index is 0.0475. The quantitative estimate of drug-likeness (QED) is 0.305. The van der Waals surface area contributed by atoms with Crippen LogP contribution < -0.4 is 0 Å². The Labute approximate surface area is 202 Å². The van der Waals surface area contributed by atoms with Crippen LogP contribution in [0.5, 0.6) is 0 Å². The maximum Gasteiger partial charge on any atom is 0.312 e. The summed E-state index contributed by atoms with van der Waals surface area (Å²) < 4.78 is 5.41. The zero-order valence-corrected chi connectivity index (χ0v) is 22.3. The minimum Gasteiger partial charge on any atom is -0.469 e. The summed E-state index contributed by atoms with van der Waals surface area (Å²) >= 11 is 0. The van der Waals surface area contributed by atoms with Crippen molar-refractivity contribution < 1.29 is 14.3 Å². The molecule has 0 spiro atoms. The van der Waals surface area contributed by atoms with Crippen molar-refractivity contribution in [2.45, 2.75) is 106 Å². The van der Waals surface area contributed by atoms with Crippen molar-refractivity contribution >= 4 is 11.8 Å². The number of allylic oxidation sites excluding steroid dienone is 2. The third-order valence-corrected chi connectivity index (χ3v) is 11.5. The summed E-state index contributed by atoms with van der Waals surface area (Å²) in [6.07, 6.45) is 13.4. The van der Waals surface area contributed by atoms with Crippen molar-refractivity contribution in [2.75, 3.05) is 7.11 Å². The van der Waals surface area contributed by atoms with Crippen LogP contribution >= 0.6 is 0 Å². The normalized spacial score (nSPS) is 48.6. The first-order chi connectivity index (χ1) is 15.7. The molecule has 0 aromatic heterocycles. The molecule has 0 saturated heterocycles. The average molecular weight is 457 g/mol. The Morgan fingerprint density at radius 3 is 2.36 bits per heavy atom. The molecule has 3 heteroatoms. The molecule has 186 valence electrons. The third kappa shape index (κ3) is 3.49. The summed E-state index contributed by atoms with van der Waals surface area (Å²) in [5.74, 6) is 3.64. The van der Waals surface area contributed by atoms with E-state index in [4.69, 9.17) is 4.74 Å². The van der Waals surface area contributed by atoms with E-state index in [0.717, 1.165) is 51.4 Å². The maximum absolute atomic E-state index is 13.1. The van der Waals surface area contributed by atoms with Crippen molar-refractivity contribution in [3.63, 3.8) is 0 Å². The molecule has 0 N–H and O–H groups in total. The molecule has 0 amide bonds. The molecule has 0 aromatic carbocycles. The van der Waals surface area contributed by atoms with Crippen LogP contribution in [0.2, 0.25) is 0 Å². The summed E-state index contributed by atoms with van der Waals surface area (Å²) in [5, 5.41) is 0. The molecule has 6 unspecified atom stereocenters. The molecule has 0 radical (unpaired) electrons. The van der Waals surface area contributed by atoms with Crippen LogP contribution in [0, 0.1) is 51.8 Å². The fraction of sp³-hybridized carbons (Fsp3) is 0.867. The van der Waals surface area contributed by atoms with Crippen LogP contribution in [0.4, 0.5) is 0 Å². The second-order valence-corrected chi connectivity index (χ2v) is 12.6. The molecule has 0 aliphatic heterocycles. The highest BCUT2D eigenvalue weighted by Gasteiger charge is 2.63. The van der Waals surface area contributed by atoms with Crippen molar-refractivity contribution in [2.24, 2.45) is 51.8 Å². The number of hydrogen-bond acceptors (Lipinski definition) is 3. The van der Waals surface area contributed by atoms with Crippen molar-refractivity contribution in [1.82, 2.24) is 0 Å². The van der Waals surface area contributed by atoms with E-state index >= 15 is 0 Å². The highest BCUT2D eigenvalue weighted by molar-refractivity contribution is 5.82. The molecule has 4 saturated carbocycles. The summed E-state index contributed by atoms with van der Waals surface area (Å²) in [5.41, 5.74) is 1.92. The van der Waals surface area contributed by atoms with Gasteiger partial charge in [-0.25, -0.2) is 0 Å². The summed E-state index contributed by atoms with van der Waals surface area (Å²) in [7, 11) is 1.58. The Morgan fingerprint density at radius 1 is 0.970 bits per heavy atom. The number of esters is 1. The Morgan fingerprint density at radius 2 is 1.67 bits per heavy atom. The zero-order chi connectivity index (χ0) is 24.2. The van der Waals surface area contributed by atoms with Crippen LogP contribution in [0.25, 0.3) is 0 Å². The number of fused-ring (bicyclic) bond motifs is 7. The molecule has 0 aromatic rings. The van der Waals surface area contributed by atoms with E-state index in [0.29, 0.717) is 40.8 Å². The maximum atomic E-state index is 13.1. The summed E-state index contributed by atoms with van der Waals surface area (Å²) in [4.78, 5) is 25.6. The van der Waals surface area contributed by atoms with E-state index in [1.54, 1.807) is 12.7 Å². The lowest BCUT2D eigenvalue weighted by atomic mass is 9.39. The molecule has 4 fully saturated rings. The van der Waals surface area contributed by atoms with Gasteiger partial charge in [0.2, 0.25) is 0 Å². The first-order valence-corrected chi connectivity index (χ1v) is 14.0. The first-order valence-electron chi connectivity index (χ1n) is 14.0. The van der Waals surface area contributed by atoms with Crippen molar-refractivity contribution in [3.05, 3.63) is 11.6 Å². The van der Waals surface area contributed by atoms with Crippen LogP contribution in [-0.2, 0) is 14.3 Å². The van der Waals surface area contributed by atoms with Gasteiger partial charge in [-0.15, -0.1) is 0 Å². The SMILES string of the molecule is CC.COC(=O)C12CCC(C)CC1C1=CCC3[C@@](C)(CCC4[C@@H](C)C(=O)CC[C@@]43C)C1CC2. The molecule has 3 nitrogen and oxygen atoms in total. The van der Waals surface area contributed by atoms with Crippen LogP contribution in [0.15, 0.2) is 11.6 Å². The highest BCUT2D eigenvalue weighted by Crippen LogP contribution is 2.70. The monoisotopic (exact) mass is 456 g/mol. The topological polar surface area (TPSA) is 43.4 Å². The van der Waals surface area contributed by atoms with E-state index < -0.39 is 0 Å². The van der Waals surface area contributed by atoms with Gasteiger partial charge in [0.05, 0.1) is 12.5 Å². The summed E-state index contributed by atoms with van der Waals surface area (Å²) in [6, 6.07) is 0. The molecule has 5 aliphatic carbocycles. The number of carbonyl (C=O) groups excluding carboxylic acids is 2. The number of ketones is 1. The van der Waals surface area contributed by atoms with E-state index in [1.165, 1.54) is 12.8 Å². The second kappa shape index (κ2) is 8.83. The van der Waals surface area contributed by atoms with Gasteiger partial charge in [-0.05, 0) is 98.2 Å². The van der Waals surface area contributed by atoms with E-state index in [2.05, 4.69) is 33.8 Å². The fourth-order valence-corrected chi connectivity index (χ4v) is 9.75. The van der Waals surface area contributed by atoms with Gasteiger partial charge in [0.15, 0.2) is 0 Å². The molecule has 5 aliphatic rings. The molecular weight excluding hydrogens is 408 g/mol. The molecule has 33 heavy (non-hydrogen) atoms. The number of hydrogen-bond donors (Lipinski definition) is 0. The number of ether oxygens (including phenoxy) is 1. The second-order valence-electron chi connectivity index (χ2n) is 12.6. The van der Waals surface area contributed by atoms with Gasteiger partial charge in [0.1, 0.15) is 5.78 Å². The van der Waals surface area contributed by atoms with Gasteiger partial charge < -0.3 is 4.74 Å². The number of carbonyl (C=O) groups is 2. The standard InChI is InChI=1S/C28H42O3.C2H6/c1-17-8-14-28(25(30)31-5)15-10-21-19(22(28)16-17)6-7-24-26(3)13-11-23(29)18(2)20(26)9-12-27(21,24)4;1-2/h6,17-18,20-22,24H,7-16H2,1-5H3;1-2H3/t17?,18-,20?,21?,22?,24?,26+,27+,28?;/m1./s1. The van der Waals surface area contributed by atoms with Gasteiger partial charge in [-0.3, -0.25) is 9.59 Å². The number of rotatable bonds is 1. The Balaban J connectivity index is 0.00000126. The Bertz CT molecular complexity index is 813. The molecule has 9 atom stereocenters. The third-order valence-electron chi connectivity index (χ3n) is 11.5. The number of Topliss-reactive ketones (excluding diaryl/α,β-unsaturated/α-hetero) is 1. The van der Waals surface area contributed by atoms with Gasteiger partial charge >= 0.3 is 5.97 Å². The molecule has 0 heterocycles. The number of methoxy groups -OCH3 is 1. The average Bonchev–Trinajstić information content (AvgIpc) is 2.82. The first kappa shape index (κ1) is 25.0. The van der Waals surface area contributed by atoms with Crippen LogP contribution in [0.1, 0.15) is 106 Å². The lowest BCUT2D eigenvalue weighted by Gasteiger charge is -2.65.